The Bertz CT molecular complexity index is 2320. The lowest BCUT2D eigenvalue weighted by Crippen LogP contribution is -2.13. The Kier molecular flexibility index (Phi) is 15.6. The Morgan fingerprint density at radius 3 is 1.65 bits per heavy atom. The lowest BCUT2D eigenvalue weighted by molar-refractivity contribution is -0.141. The van der Waals surface area contributed by atoms with Gasteiger partial charge < -0.3 is 28.8 Å². The summed E-state index contributed by atoms with van der Waals surface area (Å²) in [7, 11) is 5.13. The van der Waals surface area contributed by atoms with Gasteiger partial charge in [0.25, 0.3) is 0 Å². The maximum absolute atomic E-state index is 11.6. The minimum atomic E-state index is -0.842. The van der Waals surface area contributed by atoms with Gasteiger partial charge in [0, 0.05) is 44.8 Å². The van der Waals surface area contributed by atoms with Crippen LogP contribution in [0.5, 0.6) is 11.5 Å². The second-order valence-corrected chi connectivity index (χ2v) is 15.7. The summed E-state index contributed by atoms with van der Waals surface area (Å²) in [4.78, 5) is 31.6. The molecule has 0 saturated heterocycles. The molecule has 2 heterocycles. The minimum absolute atomic E-state index is 0.000181. The van der Waals surface area contributed by atoms with Crippen molar-refractivity contribution in [1.29, 1.82) is 0 Å². The van der Waals surface area contributed by atoms with Crippen molar-refractivity contribution in [3.05, 3.63) is 166 Å². The van der Waals surface area contributed by atoms with Gasteiger partial charge in [0.1, 0.15) is 29.8 Å². The Labute approximate surface area is 357 Å². The van der Waals surface area contributed by atoms with Gasteiger partial charge >= 0.3 is 11.9 Å². The summed E-state index contributed by atoms with van der Waals surface area (Å²) >= 11 is 5.77. The third kappa shape index (κ3) is 11.9. The van der Waals surface area contributed by atoms with Crippen molar-refractivity contribution in [3.63, 3.8) is 0 Å². The smallest absolute Gasteiger partial charge is 0.306 e. The number of carboxylic acids is 1. The number of phenolic OH excluding ortho intramolecular Hbond substituents is 1. The molecule has 11 heteroatoms. The molecule has 6 aromatic rings. The predicted octanol–water partition coefficient (Wildman–Crippen LogP) is 9.61. The number of aromatic hydroxyl groups is 1. The quantitative estimate of drug-likeness (QED) is 0.0922. The zero-order valence-corrected chi connectivity index (χ0v) is 35.5. The maximum atomic E-state index is 11.6. The van der Waals surface area contributed by atoms with Crippen molar-refractivity contribution < 1.29 is 29.3 Å². The van der Waals surface area contributed by atoms with Crippen molar-refractivity contribution in [3.8, 4) is 11.5 Å². The van der Waals surface area contributed by atoms with E-state index in [0.29, 0.717) is 12.5 Å². The highest BCUT2D eigenvalue weighted by Gasteiger charge is 2.23. The summed E-state index contributed by atoms with van der Waals surface area (Å²) in [5.74, 6) is 1.54. The van der Waals surface area contributed by atoms with Crippen molar-refractivity contribution >= 4 is 23.5 Å². The SMILES string of the molecule is COC(=O)C[C@@H](c1ccc(O)cc1)c1nccn1C.ClCc1ccc2c(c1)CCCC2.Cn1ccnc1[C@@H](CC(=O)O)c1ccc(OCc2ccc3c(c2)CCCC3)cc1. The number of benzene rings is 4. The molecule has 0 bridgehead atoms. The van der Waals surface area contributed by atoms with Gasteiger partial charge in [-0.1, -0.05) is 60.7 Å². The molecule has 0 spiro atoms. The second-order valence-electron chi connectivity index (χ2n) is 15.5. The first-order chi connectivity index (χ1) is 29.1. The zero-order chi connectivity index (χ0) is 42.4. The van der Waals surface area contributed by atoms with Gasteiger partial charge in [-0.05, 0) is 120 Å². The monoisotopic (exact) mass is 830 g/mol. The number of ether oxygens (including phenoxy) is 2. The number of halogens is 1. The second kappa shape index (κ2) is 21.4. The first kappa shape index (κ1) is 43.7. The molecule has 0 aliphatic heterocycles. The number of phenols is 1. The van der Waals surface area contributed by atoms with E-state index in [1.54, 1.807) is 36.7 Å². The number of esters is 1. The highest BCUT2D eigenvalue weighted by Crippen LogP contribution is 2.30. The summed E-state index contributed by atoms with van der Waals surface area (Å²) in [6.07, 6.45) is 17.4. The van der Waals surface area contributed by atoms with E-state index in [-0.39, 0.29) is 36.4 Å². The normalized spacial score (nSPS) is 13.9. The number of aliphatic carboxylic acids is 1. The Balaban J connectivity index is 0.000000166. The number of methoxy groups -OCH3 is 1. The number of hydrogen-bond donors (Lipinski definition) is 2. The third-order valence-electron chi connectivity index (χ3n) is 11.3. The van der Waals surface area contributed by atoms with Crippen LogP contribution in [-0.2, 0) is 66.6 Å². The molecule has 0 amide bonds. The van der Waals surface area contributed by atoms with E-state index in [1.165, 1.54) is 85.4 Å². The molecule has 2 aromatic heterocycles. The molecule has 60 heavy (non-hydrogen) atoms. The number of hydrogen-bond acceptors (Lipinski definition) is 7. The van der Waals surface area contributed by atoms with Crippen LogP contribution in [0.2, 0.25) is 0 Å². The average molecular weight is 831 g/mol. The molecular formula is C49H55ClN4O6. The van der Waals surface area contributed by atoms with E-state index in [2.05, 4.69) is 46.4 Å². The molecule has 0 fully saturated rings. The number of imidazole rings is 2. The first-order valence-electron chi connectivity index (χ1n) is 20.6. The van der Waals surface area contributed by atoms with Crippen LogP contribution in [0.4, 0.5) is 0 Å². The molecule has 2 aliphatic carbocycles. The van der Waals surface area contributed by atoms with Crippen LogP contribution in [0, 0.1) is 0 Å². The van der Waals surface area contributed by atoms with Crippen LogP contribution in [0.1, 0.15) is 107 Å². The number of fused-ring (bicyclic) bond motifs is 2. The summed E-state index contributed by atoms with van der Waals surface area (Å²) in [5, 5.41) is 18.7. The van der Waals surface area contributed by atoms with Gasteiger partial charge in [-0.2, -0.15) is 0 Å². The zero-order valence-electron chi connectivity index (χ0n) is 34.7. The van der Waals surface area contributed by atoms with Crippen molar-refractivity contribution in [2.45, 2.75) is 88.5 Å². The van der Waals surface area contributed by atoms with Crippen LogP contribution in [0.25, 0.3) is 0 Å². The fourth-order valence-corrected chi connectivity index (χ4v) is 8.15. The van der Waals surface area contributed by atoms with Gasteiger partial charge in [-0.25, -0.2) is 9.97 Å². The van der Waals surface area contributed by atoms with Crippen LogP contribution in [-0.4, -0.2) is 48.4 Å². The van der Waals surface area contributed by atoms with Gasteiger partial charge in [0.05, 0.1) is 31.8 Å². The fourth-order valence-electron chi connectivity index (χ4n) is 7.98. The maximum Gasteiger partial charge on any atom is 0.306 e. The molecule has 314 valence electrons. The fraction of sp³-hybridized carbons (Fsp3) is 0.347. The number of carbonyl (C=O) groups is 2. The Hall–Kier alpha value is -5.87. The van der Waals surface area contributed by atoms with Gasteiger partial charge in [0.15, 0.2) is 0 Å². The number of alkyl halides is 1. The molecule has 10 nitrogen and oxygen atoms in total. The molecule has 8 rings (SSSR count). The molecule has 0 unspecified atom stereocenters. The van der Waals surface area contributed by atoms with Crippen LogP contribution in [0.15, 0.2) is 110 Å². The number of aryl methyl sites for hydroxylation is 6. The molecular weight excluding hydrogens is 776 g/mol. The van der Waals surface area contributed by atoms with E-state index >= 15 is 0 Å². The van der Waals surface area contributed by atoms with Gasteiger partial charge in [0.2, 0.25) is 0 Å². The standard InChI is InChI=1S/C24H26N2O3.C14H16N2O3.C11H13Cl/c1-26-13-12-25-24(26)22(15-23(27)28)19-8-10-21(11-9-19)29-16-17-6-7-18-4-2-3-5-20(18)14-17;1-16-8-7-15-14(16)12(9-13(18)19-2)10-3-5-11(17)6-4-10;12-8-9-5-6-10-3-1-2-4-11(10)7-9/h6-14,22H,2-5,15-16H2,1H3,(H,27,28);3-8,12,17H,9H2,1-2H3;5-7H,1-4,8H2/t22-;12-;/m00./s1. The summed E-state index contributed by atoms with van der Waals surface area (Å²) in [5.41, 5.74) is 10.3. The topological polar surface area (TPSA) is 129 Å². The number of carboxylic acid groups (broad SMARTS) is 1. The number of nitrogens with zero attached hydrogens (tertiary/aromatic N) is 4. The largest absolute Gasteiger partial charge is 0.508 e. The molecule has 2 N–H and O–H groups in total. The molecule has 2 aliphatic rings. The lowest BCUT2D eigenvalue weighted by atomic mass is 9.90. The van der Waals surface area contributed by atoms with Gasteiger partial charge in [-0.15, -0.1) is 11.6 Å². The lowest BCUT2D eigenvalue weighted by Gasteiger charge is -2.17. The molecule has 0 radical (unpaired) electrons. The van der Waals surface area contributed by atoms with Crippen molar-refractivity contribution in [2.24, 2.45) is 14.1 Å². The Morgan fingerprint density at radius 1 is 0.683 bits per heavy atom. The Morgan fingerprint density at radius 2 is 1.17 bits per heavy atom. The van der Waals surface area contributed by atoms with Crippen LogP contribution >= 0.6 is 11.6 Å². The van der Waals surface area contributed by atoms with E-state index < -0.39 is 5.97 Å². The summed E-state index contributed by atoms with van der Waals surface area (Å²) in [6, 6.07) is 27.8. The third-order valence-corrected chi connectivity index (χ3v) is 11.6. The van der Waals surface area contributed by atoms with Crippen LogP contribution in [0.3, 0.4) is 0 Å². The van der Waals surface area contributed by atoms with E-state index in [1.807, 2.05) is 59.9 Å². The first-order valence-corrected chi connectivity index (χ1v) is 21.2. The van der Waals surface area contributed by atoms with Crippen molar-refractivity contribution in [1.82, 2.24) is 19.1 Å². The van der Waals surface area contributed by atoms with Gasteiger partial charge in [-0.3, -0.25) is 9.59 Å². The highest BCUT2D eigenvalue weighted by atomic mass is 35.5. The van der Waals surface area contributed by atoms with E-state index in [9.17, 15) is 19.8 Å². The predicted molar refractivity (Wildman–Crippen MR) is 234 cm³/mol. The molecule has 2 atom stereocenters. The van der Waals surface area contributed by atoms with E-state index in [0.717, 1.165) is 34.9 Å². The van der Waals surface area contributed by atoms with Crippen molar-refractivity contribution in [2.75, 3.05) is 7.11 Å². The highest BCUT2D eigenvalue weighted by molar-refractivity contribution is 6.17. The number of rotatable bonds is 12. The summed E-state index contributed by atoms with van der Waals surface area (Å²) < 4.78 is 14.5. The number of aromatic nitrogens is 4. The summed E-state index contributed by atoms with van der Waals surface area (Å²) in [6.45, 7) is 0.532. The molecule has 4 aromatic carbocycles. The minimum Gasteiger partial charge on any atom is -0.508 e. The average Bonchev–Trinajstić information content (AvgIpc) is 3.91. The van der Waals surface area contributed by atoms with Crippen LogP contribution < -0.4 is 4.74 Å². The number of carbonyl (C=O) groups excluding carboxylic acids is 1. The van der Waals surface area contributed by atoms with E-state index in [4.69, 9.17) is 21.1 Å². The molecule has 0 saturated carbocycles.